The van der Waals surface area contributed by atoms with Crippen LogP contribution in [0.1, 0.15) is 43.0 Å². The molecule has 1 aromatic carbocycles. The molecule has 0 heterocycles. The average molecular weight is 345 g/mol. The summed E-state index contributed by atoms with van der Waals surface area (Å²) in [6.45, 7) is 2.22. The van der Waals surface area contributed by atoms with Gasteiger partial charge in [-0.1, -0.05) is 18.5 Å². The first-order valence-corrected chi connectivity index (χ1v) is 9.60. The molecule has 2 rings (SSSR count). The first kappa shape index (κ1) is 17.1. The van der Waals surface area contributed by atoms with Crippen LogP contribution in [0.25, 0.3) is 0 Å². The van der Waals surface area contributed by atoms with Crippen molar-refractivity contribution in [1.29, 1.82) is 0 Å². The second kappa shape index (κ2) is 6.87. The highest BCUT2D eigenvalue weighted by atomic mass is 35.5. The van der Waals surface area contributed by atoms with Gasteiger partial charge in [0.25, 0.3) is 5.91 Å². The fourth-order valence-electron chi connectivity index (χ4n) is 2.62. The van der Waals surface area contributed by atoms with Crippen molar-refractivity contribution >= 4 is 33.2 Å². The van der Waals surface area contributed by atoms with Gasteiger partial charge in [0, 0.05) is 11.6 Å². The van der Waals surface area contributed by atoms with Gasteiger partial charge >= 0.3 is 0 Å². The minimum absolute atomic E-state index is 0.186. The third kappa shape index (κ3) is 4.88. The Morgan fingerprint density at radius 3 is 2.45 bits per heavy atom. The Labute approximate surface area is 136 Å². The summed E-state index contributed by atoms with van der Waals surface area (Å²) in [4.78, 5) is 12.3. The maximum atomic E-state index is 12.3. The summed E-state index contributed by atoms with van der Waals surface area (Å²) in [5.74, 6) is 0.516. The number of carbonyl (C=O) groups excluding carboxylic acids is 1. The number of hydrogen-bond donors (Lipinski definition) is 2. The molecule has 22 heavy (non-hydrogen) atoms. The van der Waals surface area contributed by atoms with E-state index in [0.717, 1.165) is 31.9 Å². The van der Waals surface area contributed by atoms with E-state index in [9.17, 15) is 13.2 Å². The third-order valence-corrected chi connectivity index (χ3v) is 4.80. The Morgan fingerprint density at radius 1 is 1.23 bits per heavy atom. The highest BCUT2D eigenvalue weighted by Gasteiger charge is 2.20. The molecular formula is C15H21ClN2O3S. The van der Waals surface area contributed by atoms with Crippen LogP contribution in [0, 0.1) is 5.92 Å². The van der Waals surface area contributed by atoms with Gasteiger partial charge in [0.2, 0.25) is 10.0 Å². The summed E-state index contributed by atoms with van der Waals surface area (Å²) >= 11 is 5.96. The van der Waals surface area contributed by atoms with E-state index < -0.39 is 10.0 Å². The highest BCUT2D eigenvalue weighted by molar-refractivity contribution is 7.92. The summed E-state index contributed by atoms with van der Waals surface area (Å²) < 4.78 is 24.9. The van der Waals surface area contributed by atoms with Crippen LogP contribution in [0.2, 0.25) is 5.02 Å². The van der Waals surface area contributed by atoms with Crippen LogP contribution in [0.4, 0.5) is 5.69 Å². The molecule has 0 bridgehead atoms. The van der Waals surface area contributed by atoms with Crippen molar-refractivity contribution in [3.63, 3.8) is 0 Å². The van der Waals surface area contributed by atoms with Gasteiger partial charge in [0.05, 0.1) is 17.0 Å². The molecule has 0 atom stereocenters. The highest BCUT2D eigenvalue weighted by Crippen LogP contribution is 2.26. The zero-order valence-electron chi connectivity index (χ0n) is 12.7. The van der Waals surface area contributed by atoms with Gasteiger partial charge in [0.15, 0.2) is 0 Å². The molecule has 1 fully saturated rings. The summed E-state index contributed by atoms with van der Waals surface area (Å²) in [6, 6.07) is 4.76. The van der Waals surface area contributed by atoms with Crippen LogP contribution in [0.5, 0.6) is 0 Å². The fourth-order valence-corrected chi connectivity index (χ4v) is 3.41. The molecule has 0 aliphatic heterocycles. The number of hydrogen-bond acceptors (Lipinski definition) is 3. The lowest BCUT2D eigenvalue weighted by Gasteiger charge is -2.27. The van der Waals surface area contributed by atoms with Crippen LogP contribution in [-0.4, -0.2) is 26.6 Å². The average Bonchev–Trinajstić information content (AvgIpc) is 2.42. The first-order valence-electron chi connectivity index (χ1n) is 7.33. The molecule has 0 saturated heterocycles. The fraction of sp³-hybridized carbons (Fsp3) is 0.533. The van der Waals surface area contributed by atoms with E-state index >= 15 is 0 Å². The molecule has 0 unspecified atom stereocenters. The topological polar surface area (TPSA) is 75.3 Å². The molecule has 0 spiro atoms. The third-order valence-electron chi connectivity index (χ3n) is 3.87. The lowest BCUT2D eigenvalue weighted by Crippen LogP contribution is -2.37. The van der Waals surface area contributed by atoms with E-state index in [-0.39, 0.29) is 22.7 Å². The van der Waals surface area contributed by atoms with Crippen molar-refractivity contribution in [3.8, 4) is 0 Å². The normalized spacial score (nSPS) is 22.1. The number of nitrogens with one attached hydrogen (secondary N) is 2. The molecular weight excluding hydrogens is 324 g/mol. The van der Waals surface area contributed by atoms with Crippen molar-refractivity contribution < 1.29 is 13.2 Å². The summed E-state index contributed by atoms with van der Waals surface area (Å²) in [7, 11) is -3.44. The van der Waals surface area contributed by atoms with Crippen LogP contribution < -0.4 is 10.0 Å². The molecule has 1 aromatic rings. The van der Waals surface area contributed by atoms with Gasteiger partial charge in [-0.15, -0.1) is 0 Å². The van der Waals surface area contributed by atoms with E-state index in [0.29, 0.717) is 11.5 Å². The number of anilines is 1. The van der Waals surface area contributed by atoms with Crippen molar-refractivity contribution in [1.82, 2.24) is 5.32 Å². The minimum Gasteiger partial charge on any atom is -0.349 e. The van der Waals surface area contributed by atoms with Gasteiger partial charge in [-0.2, -0.15) is 0 Å². The lowest BCUT2D eigenvalue weighted by atomic mass is 9.87. The molecule has 0 radical (unpaired) electrons. The van der Waals surface area contributed by atoms with E-state index in [2.05, 4.69) is 17.0 Å². The van der Waals surface area contributed by atoms with Crippen LogP contribution >= 0.6 is 11.6 Å². The summed E-state index contributed by atoms with van der Waals surface area (Å²) in [5.41, 5.74) is 0.614. The largest absolute Gasteiger partial charge is 0.349 e. The zero-order valence-corrected chi connectivity index (χ0v) is 14.3. The standard InChI is InChI=1S/C15H21ClN2O3S/c1-10-3-6-12(7-4-10)17-15(19)11-5-8-13(16)14(9-11)18-22(2,20)21/h5,8-10,12,18H,3-4,6-7H2,1-2H3,(H,17,19). The second-order valence-electron chi connectivity index (χ2n) is 6.00. The number of halogens is 1. The van der Waals surface area contributed by atoms with Gasteiger partial charge in [0.1, 0.15) is 0 Å². The van der Waals surface area contributed by atoms with Crippen LogP contribution in [0.15, 0.2) is 18.2 Å². The molecule has 0 aromatic heterocycles. The van der Waals surface area contributed by atoms with Crippen LogP contribution in [0.3, 0.4) is 0 Å². The minimum atomic E-state index is -3.44. The van der Waals surface area contributed by atoms with Gasteiger partial charge in [-0.25, -0.2) is 8.42 Å². The molecule has 1 saturated carbocycles. The van der Waals surface area contributed by atoms with Gasteiger partial charge < -0.3 is 5.32 Å². The second-order valence-corrected chi connectivity index (χ2v) is 8.15. The number of carbonyl (C=O) groups is 1. The SMILES string of the molecule is CC1CCC(NC(=O)c2ccc(Cl)c(NS(C)(=O)=O)c2)CC1. The van der Waals surface area contributed by atoms with E-state index in [1.165, 1.54) is 12.1 Å². The molecule has 2 N–H and O–H groups in total. The molecule has 1 aliphatic carbocycles. The van der Waals surface area contributed by atoms with E-state index in [4.69, 9.17) is 11.6 Å². The zero-order chi connectivity index (χ0) is 16.3. The molecule has 1 amide bonds. The van der Waals surface area contributed by atoms with Crippen molar-refractivity contribution in [2.45, 2.75) is 38.6 Å². The number of benzene rings is 1. The van der Waals surface area contributed by atoms with Crippen LogP contribution in [-0.2, 0) is 10.0 Å². The predicted molar refractivity (Wildman–Crippen MR) is 88.8 cm³/mol. The van der Waals surface area contributed by atoms with Crippen molar-refractivity contribution in [2.75, 3.05) is 11.0 Å². The molecule has 122 valence electrons. The van der Waals surface area contributed by atoms with Crippen molar-refractivity contribution in [3.05, 3.63) is 28.8 Å². The summed E-state index contributed by atoms with van der Waals surface area (Å²) in [5, 5.41) is 3.26. The molecule has 1 aliphatic rings. The van der Waals surface area contributed by atoms with E-state index in [1.54, 1.807) is 6.07 Å². The summed E-state index contributed by atoms with van der Waals surface area (Å²) in [6.07, 6.45) is 5.24. The smallest absolute Gasteiger partial charge is 0.251 e. The molecule has 7 heteroatoms. The Morgan fingerprint density at radius 2 is 1.86 bits per heavy atom. The Hall–Kier alpha value is -1.27. The van der Waals surface area contributed by atoms with Crippen molar-refractivity contribution in [2.24, 2.45) is 5.92 Å². The van der Waals surface area contributed by atoms with Gasteiger partial charge in [-0.3, -0.25) is 9.52 Å². The first-order chi connectivity index (χ1) is 10.2. The number of amides is 1. The number of sulfonamides is 1. The Kier molecular flexibility index (Phi) is 5.34. The quantitative estimate of drug-likeness (QED) is 0.881. The Balaban J connectivity index is 2.08. The van der Waals surface area contributed by atoms with Gasteiger partial charge in [-0.05, 0) is 49.8 Å². The maximum Gasteiger partial charge on any atom is 0.251 e. The van der Waals surface area contributed by atoms with E-state index in [1.807, 2.05) is 0 Å². The monoisotopic (exact) mass is 344 g/mol. The maximum absolute atomic E-state index is 12.3. The Bertz CT molecular complexity index is 653. The predicted octanol–water partition coefficient (Wildman–Crippen LogP) is 3.02. The lowest BCUT2D eigenvalue weighted by molar-refractivity contribution is 0.0923. The number of rotatable bonds is 4. The molecule has 5 nitrogen and oxygen atoms in total.